The Morgan fingerprint density at radius 3 is 2.21 bits per heavy atom. The lowest BCUT2D eigenvalue weighted by Crippen LogP contribution is -2.46. The van der Waals surface area contributed by atoms with E-state index in [9.17, 15) is 28.3 Å². The van der Waals surface area contributed by atoms with Gasteiger partial charge in [-0.25, -0.2) is 0 Å². The minimum absolute atomic E-state index is 0.0268. The molecule has 2 aliphatic carbocycles. The lowest BCUT2D eigenvalue weighted by molar-refractivity contribution is -0.258. The van der Waals surface area contributed by atoms with Crippen LogP contribution in [0.3, 0.4) is 0 Å². The molecular formula is C25H26F3N3O2. The van der Waals surface area contributed by atoms with E-state index in [1.54, 1.807) is 12.4 Å². The highest BCUT2D eigenvalue weighted by Gasteiger charge is 2.51. The molecule has 2 fully saturated rings. The van der Waals surface area contributed by atoms with Crippen LogP contribution in [-0.2, 0) is 11.0 Å². The molecule has 1 amide bonds. The Hall–Kier alpha value is -2.92. The van der Waals surface area contributed by atoms with Gasteiger partial charge in [0.05, 0.1) is 11.5 Å². The Bertz CT molecular complexity index is 1030. The Labute approximate surface area is 190 Å². The molecule has 0 saturated heterocycles. The van der Waals surface area contributed by atoms with E-state index in [2.05, 4.69) is 11.1 Å². The van der Waals surface area contributed by atoms with Gasteiger partial charge in [-0.2, -0.15) is 18.4 Å². The molecule has 2 aromatic rings. The van der Waals surface area contributed by atoms with E-state index < -0.39 is 17.2 Å². The van der Waals surface area contributed by atoms with Gasteiger partial charge in [0.1, 0.15) is 0 Å². The molecule has 174 valence electrons. The van der Waals surface area contributed by atoms with Crippen LogP contribution in [0.25, 0.3) is 0 Å². The summed E-state index contributed by atoms with van der Waals surface area (Å²) in [6.07, 6.45) is 2.95. The summed E-state index contributed by atoms with van der Waals surface area (Å²) >= 11 is 0. The fraction of sp³-hybridized carbons (Fsp3) is 0.480. The van der Waals surface area contributed by atoms with Gasteiger partial charge in [-0.3, -0.25) is 9.78 Å². The minimum Gasteiger partial charge on any atom is -0.376 e. The summed E-state index contributed by atoms with van der Waals surface area (Å²) in [4.78, 5) is 19.4. The predicted octanol–water partition coefficient (Wildman–Crippen LogP) is 4.86. The third-order valence-corrected chi connectivity index (χ3v) is 7.05. The monoisotopic (exact) mass is 457 g/mol. The number of nitrogens with zero attached hydrogens (tertiary/aromatic N) is 3. The number of carbonyl (C=O) groups is 1. The Kier molecular flexibility index (Phi) is 5.95. The van der Waals surface area contributed by atoms with Gasteiger partial charge in [0.2, 0.25) is 0 Å². The largest absolute Gasteiger partial charge is 0.421 e. The van der Waals surface area contributed by atoms with Crippen molar-refractivity contribution in [3.05, 3.63) is 65.5 Å². The predicted molar refractivity (Wildman–Crippen MR) is 115 cm³/mol. The lowest BCUT2D eigenvalue weighted by Gasteiger charge is -2.40. The van der Waals surface area contributed by atoms with Crippen LogP contribution in [0.4, 0.5) is 13.2 Å². The van der Waals surface area contributed by atoms with Crippen molar-refractivity contribution in [1.82, 2.24) is 9.88 Å². The van der Waals surface area contributed by atoms with Crippen molar-refractivity contribution in [3.63, 3.8) is 0 Å². The molecule has 0 unspecified atom stereocenters. The maximum absolute atomic E-state index is 13.4. The van der Waals surface area contributed by atoms with Crippen LogP contribution in [0.1, 0.15) is 66.9 Å². The Morgan fingerprint density at radius 1 is 1.12 bits per heavy atom. The number of nitriles is 1. The summed E-state index contributed by atoms with van der Waals surface area (Å²) in [5.74, 6) is -0.216. The van der Waals surface area contributed by atoms with E-state index in [0.717, 1.165) is 30.5 Å². The molecule has 2 aliphatic rings. The van der Waals surface area contributed by atoms with Gasteiger partial charge >= 0.3 is 6.18 Å². The first-order valence-electron chi connectivity index (χ1n) is 11.1. The van der Waals surface area contributed by atoms with Gasteiger partial charge in [0, 0.05) is 30.0 Å². The summed E-state index contributed by atoms with van der Waals surface area (Å²) in [6, 6.07) is 11.3. The summed E-state index contributed by atoms with van der Waals surface area (Å²) in [5.41, 5.74) is -2.72. The van der Waals surface area contributed by atoms with Gasteiger partial charge in [-0.1, -0.05) is 18.2 Å². The second-order valence-corrected chi connectivity index (χ2v) is 9.26. The van der Waals surface area contributed by atoms with E-state index in [-0.39, 0.29) is 23.6 Å². The van der Waals surface area contributed by atoms with Crippen LogP contribution in [0, 0.1) is 11.3 Å². The quantitative estimate of drug-likeness (QED) is 0.696. The van der Waals surface area contributed by atoms with Crippen molar-refractivity contribution in [2.75, 3.05) is 0 Å². The van der Waals surface area contributed by atoms with Crippen LogP contribution in [0.15, 0.2) is 48.8 Å². The number of carbonyl (C=O) groups excluding carboxylic acids is 1. The summed E-state index contributed by atoms with van der Waals surface area (Å²) < 4.78 is 39.4. The average molecular weight is 457 g/mol. The number of amides is 1. The zero-order valence-corrected chi connectivity index (χ0v) is 18.3. The number of pyridine rings is 1. The smallest absolute Gasteiger partial charge is 0.376 e. The van der Waals surface area contributed by atoms with Crippen molar-refractivity contribution in [2.45, 2.75) is 74.7 Å². The summed E-state index contributed by atoms with van der Waals surface area (Å²) in [6.45, 7) is 0.700. The second kappa shape index (κ2) is 8.45. The highest BCUT2D eigenvalue weighted by molar-refractivity contribution is 5.95. The van der Waals surface area contributed by atoms with Crippen molar-refractivity contribution in [1.29, 1.82) is 5.26 Å². The van der Waals surface area contributed by atoms with Crippen molar-refractivity contribution >= 4 is 5.91 Å². The number of rotatable bonds is 5. The third-order valence-electron chi connectivity index (χ3n) is 7.05. The molecule has 1 N–H and O–H groups in total. The minimum atomic E-state index is -4.82. The topological polar surface area (TPSA) is 77.2 Å². The molecule has 0 radical (unpaired) electrons. The Morgan fingerprint density at radius 2 is 1.73 bits per heavy atom. The lowest BCUT2D eigenvalue weighted by atomic mass is 9.69. The molecule has 1 aromatic carbocycles. The first-order valence-corrected chi connectivity index (χ1v) is 11.1. The van der Waals surface area contributed by atoms with Crippen LogP contribution < -0.4 is 0 Å². The fourth-order valence-corrected chi connectivity index (χ4v) is 4.72. The van der Waals surface area contributed by atoms with Crippen molar-refractivity contribution in [2.24, 2.45) is 0 Å². The van der Waals surface area contributed by atoms with Gasteiger partial charge in [-0.15, -0.1) is 0 Å². The zero-order chi connectivity index (χ0) is 23.9. The SMILES string of the molecule is C[C@](O)(c1ccc(C(=O)N(C2CC2)[C@H]2CC[C@](C#N)(c3cccnc3)CC2)cc1)C(F)(F)F. The average Bonchev–Trinajstić information content (AvgIpc) is 3.65. The van der Waals surface area contributed by atoms with Crippen molar-refractivity contribution in [3.8, 4) is 6.07 Å². The molecule has 5 nitrogen and oxygen atoms in total. The Balaban J connectivity index is 1.51. The number of hydrogen-bond donors (Lipinski definition) is 1. The molecule has 0 spiro atoms. The molecule has 0 aliphatic heterocycles. The maximum atomic E-state index is 13.4. The van der Waals surface area contributed by atoms with Gasteiger partial charge in [-0.05, 0) is 74.8 Å². The molecule has 1 aromatic heterocycles. The fourth-order valence-electron chi connectivity index (χ4n) is 4.72. The van der Waals surface area contributed by atoms with E-state index in [1.807, 2.05) is 17.0 Å². The first kappa shape index (κ1) is 23.2. The summed E-state index contributed by atoms with van der Waals surface area (Å²) in [5, 5.41) is 19.8. The van der Waals surface area contributed by atoms with E-state index in [4.69, 9.17) is 0 Å². The summed E-state index contributed by atoms with van der Waals surface area (Å²) in [7, 11) is 0. The number of aromatic nitrogens is 1. The molecule has 33 heavy (non-hydrogen) atoms. The number of aliphatic hydroxyl groups is 1. The number of halogens is 3. The standard InChI is InChI=1S/C25H26F3N3O2/c1-23(33,25(26,27)28)18-6-4-17(5-7-18)22(32)31(20-8-9-20)21-10-12-24(16-29,13-11-21)19-3-2-14-30-15-19/h2-7,14-15,20-21,33H,8-13H2,1H3/t21-,23-,24-/m0/s1. The van der Waals surface area contributed by atoms with E-state index >= 15 is 0 Å². The number of hydrogen-bond acceptors (Lipinski definition) is 4. The number of benzene rings is 1. The van der Waals surface area contributed by atoms with Crippen LogP contribution in [0.2, 0.25) is 0 Å². The van der Waals surface area contributed by atoms with E-state index in [0.29, 0.717) is 38.2 Å². The molecule has 1 heterocycles. The highest BCUT2D eigenvalue weighted by Crippen LogP contribution is 2.43. The molecule has 1 atom stereocenters. The molecule has 0 bridgehead atoms. The van der Waals surface area contributed by atoms with Crippen LogP contribution in [-0.4, -0.2) is 39.2 Å². The van der Waals surface area contributed by atoms with Crippen LogP contribution >= 0.6 is 0 Å². The highest BCUT2D eigenvalue weighted by atomic mass is 19.4. The molecule has 8 heteroatoms. The molecule has 4 rings (SSSR count). The van der Waals surface area contributed by atoms with Gasteiger partial charge in [0.25, 0.3) is 5.91 Å². The van der Waals surface area contributed by atoms with Gasteiger partial charge < -0.3 is 10.0 Å². The third kappa shape index (κ3) is 4.34. The zero-order valence-electron chi connectivity index (χ0n) is 18.3. The van der Waals surface area contributed by atoms with E-state index in [1.165, 1.54) is 12.1 Å². The second-order valence-electron chi connectivity index (χ2n) is 9.26. The molecular weight excluding hydrogens is 431 g/mol. The number of alkyl halides is 3. The van der Waals surface area contributed by atoms with Crippen molar-refractivity contribution < 1.29 is 23.1 Å². The van der Waals surface area contributed by atoms with Crippen LogP contribution in [0.5, 0.6) is 0 Å². The molecule has 2 saturated carbocycles. The maximum Gasteiger partial charge on any atom is 0.421 e. The normalized spacial score (nSPS) is 25.0. The van der Waals surface area contributed by atoms with Gasteiger partial charge in [0.15, 0.2) is 5.60 Å². The first-order chi connectivity index (χ1) is 15.6.